The lowest BCUT2D eigenvalue weighted by atomic mass is 9.94. The van der Waals surface area contributed by atoms with Gasteiger partial charge in [-0.3, -0.25) is 14.4 Å². The number of nitrogens with zero attached hydrogens (tertiary/aromatic N) is 1. The highest BCUT2D eigenvalue weighted by atomic mass is 32.2. The van der Waals surface area contributed by atoms with Crippen molar-refractivity contribution in [1.29, 1.82) is 0 Å². The highest BCUT2D eigenvalue weighted by Crippen LogP contribution is 2.17. The van der Waals surface area contributed by atoms with Gasteiger partial charge in [0.25, 0.3) is 0 Å². The van der Waals surface area contributed by atoms with E-state index < -0.39 is 5.97 Å². The molecule has 0 aromatic heterocycles. The molecular formula is C14H24N2O4S. The fraction of sp³-hybridized carbons (Fsp3) is 0.786. The fourth-order valence-electron chi connectivity index (χ4n) is 2.35. The number of amides is 2. The Morgan fingerprint density at radius 1 is 1.38 bits per heavy atom. The van der Waals surface area contributed by atoms with E-state index in [9.17, 15) is 14.4 Å². The summed E-state index contributed by atoms with van der Waals surface area (Å²) in [6.45, 7) is 2.74. The Kier molecular flexibility index (Phi) is 8.19. The second-order valence-electron chi connectivity index (χ2n) is 5.29. The molecule has 0 radical (unpaired) electrons. The van der Waals surface area contributed by atoms with Crippen LogP contribution in [0.1, 0.15) is 39.0 Å². The third-order valence-corrected chi connectivity index (χ3v) is 4.44. The number of nitrogens with one attached hydrogen (secondary N) is 1. The number of hydrogen-bond acceptors (Lipinski definition) is 4. The molecule has 0 aromatic carbocycles. The zero-order valence-corrected chi connectivity index (χ0v) is 13.3. The predicted octanol–water partition coefficient (Wildman–Crippen LogP) is 1.31. The molecule has 1 saturated heterocycles. The molecule has 6 nitrogen and oxygen atoms in total. The Morgan fingerprint density at radius 3 is 2.71 bits per heavy atom. The predicted molar refractivity (Wildman–Crippen MR) is 81.9 cm³/mol. The van der Waals surface area contributed by atoms with Gasteiger partial charge in [-0.05, 0) is 18.8 Å². The Hall–Kier alpha value is -1.24. The third kappa shape index (κ3) is 7.36. The van der Waals surface area contributed by atoms with E-state index in [0.29, 0.717) is 30.5 Å². The van der Waals surface area contributed by atoms with Gasteiger partial charge >= 0.3 is 5.97 Å². The van der Waals surface area contributed by atoms with Crippen LogP contribution >= 0.6 is 11.8 Å². The van der Waals surface area contributed by atoms with Crippen molar-refractivity contribution in [1.82, 2.24) is 10.2 Å². The molecule has 7 heteroatoms. The van der Waals surface area contributed by atoms with Crippen LogP contribution in [0.5, 0.6) is 0 Å². The summed E-state index contributed by atoms with van der Waals surface area (Å²) in [5.74, 6) is 0.477. The molecule has 0 spiro atoms. The lowest BCUT2D eigenvalue weighted by Crippen LogP contribution is -2.38. The number of hydrogen-bond donors (Lipinski definition) is 2. The van der Waals surface area contributed by atoms with Gasteiger partial charge in [-0.15, -0.1) is 11.8 Å². The first-order valence-corrected chi connectivity index (χ1v) is 8.52. The number of carbonyl (C=O) groups excluding carboxylic acids is 2. The molecule has 1 aliphatic rings. The van der Waals surface area contributed by atoms with E-state index in [-0.39, 0.29) is 24.8 Å². The van der Waals surface area contributed by atoms with Gasteiger partial charge in [-0.2, -0.15) is 0 Å². The molecule has 0 bridgehead atoms. The molecule has 1 unspecified atom stereocenters. The molecule has 0 aliphatic carbocycles. The summed E-state index contributed by atoms with van der Waals surface area (Å²) < 4.78 is 0. The van der Waals surface area contributed by atoms with Crippen molar-refractivity contribution in [3.05, 3.63) is 0 Å². The Balaban J connectivity index is 2.20. The van der Waals surface area contributed by atoms with E-state index in [0.717, 1.165) is 19.3 Å². The van der Waals surface area contributed by atoms with Crippen LogP contribution in [0.3, 0.4) is 0 Å². The molecule has 1 aliphatic heterocycles. The lowest BCUT2D eigenvalue weighted by molar-refractivity contribution is -0.137. The second-order valence-corrected chi connectivity index (χ2v) is 6.25. The van der Waals surface area contributed by atoms with Gasteiger partial charge < -0.3 is 15.3 Å². The van der Waals surface area contributed by atoms with E-state index in [1.807, 2.05) is 0 Å². The van der Waals surface area contributed by atoms with Crippen molar-refractivity contribution >= 4 is 29.5 Å². The second kappa shape index (κ2) is 9.65. The van der Waals surface area contributed by atoms with Gasteiger partial charge in [0.2, 0.25) is 11.8 Å². The van der Waals surface area contributed by atoms with Crippen molar-refractivity contribution in [2.45, 2.75) is 39.0 Å². The number of carbonyl (C=O) groups is 3. The zero-order chi connectivity index (χ0) is 15.7. The Morgan fingerprint density at radius 2 is 2.14 bits per heavy atom. The van der Waals surface area contributed by atoms with E-state index in [2.05, 4.69) is 12.2 Å². The van der Waals surface area contributed by atoms with Crippen molar-refractivity contribution in [2.75, 3.05) is 24.7 Å². The molecule has 1 heterocycles. The molecule has 0 saturated carbocycles. The smallest absolute Gasteiger partial charge is 0.303 e. The van der Waals surface area contributed by atoms with E-state index >= 15 is 0 Å². The molecule has 2 N–H and O–H groups in total. The van der Waals surface area contributed by atoms with E-state index in [1.54, 1.807) is 4.90 Å². The standard InChI is InChI=1S/C14H24N2O4S/c1-2-3-11(4-5-14(19)20)6-7-15-12(17)8-16-10-21-9-13(16)18/h11H,2-10H2,1H3,(H,15,17)(H,19,20). The summed E-state index contributed by atoms with van der Waals surface area (Å²) in [6, 6.07) is 0. The van der Waals surface area contributed by atoms with Gasteiger partial charge in [-0.25, -0.2) is 0 Å². The summed E-state index contributed by atoms with van der Waals surface area (Å²) >= 11 is 1.52. The maximum absolute atomic E-state index is 11.7. The number of carboxylic acid groups (broad SMARTS) is 1. The number of aliphatic carboxylic acids is 1. The zero-order valence-electron chi connectivity index (χ0n) is 12.5. The minimum Gasteiger partial charge on any atom is -0.481 e. The minimum absolute atomic E-state index is 0.0143. The van der Waals surface area contributed by atoms with Crippen LogP contribution in [-0.2, 0) is 14.4 Å². The lowest BCUT2D eigenvalue weighted by Gasteiger charge is -2.17. The maximum Gasteiger partial charge on any atom is 0.303 e. The van der Waals surface area contributed by atoms with Crippen LogP contribution in [0, 0.1) is 5.92 Å². The first-order chi connectivity index (χ1) is 10.0. The van der Waals surface area contributed by atoms with Gasteiger partial charge in [0.05, 0.1) is 11.6 Å². The van der Waals surface area contributed by atoms with Crippen molar-refractivity contribution in [2.24, 2.45) is 5.92 Å². The SMILES string of the molecule is CCCC(CCNC(=O)CN1CSCC1=O)CCC(=O)O. The molecule has 21 heavy (non-hydrogen) atoms. The van der Waals surface area contributed by atoms with Gasteiger partial charge in [0, 0.05) is 13.0 Å². The van der Waals surface area contributed by atoms with Gasteiger partial charge in [-0.1, -0.05) is 19.8 Å². The first-order valence-electron chi connectivity index (χ1n) is 7.37. The molecule has 120 valence electrons. The average Bonchev–Trinajstić information content (AvgIpc) is 2.81. The van der Waals surface area contributed by atoms with Crippen LogP contribution in [0.4, 0.5) is 0 Å². The average molecular weight is 316 g/mol. The summed E-state index contributed by atoms with van der Waals surface area (Å²) in [4.78, 5) is 35.3. The molecule has 1 fully saturated rings. The monoisotopic (exact) mass is 316 g/mol. The summed E-state index contributed by atoms with van der Waals surface area (Å²) in [5, 5.41) is 11.5. The van der Waals surface area contributed by atoms with Crippen molar-refractivity contribution in [3.8, 4) is 0 Å². The topological polar surface area (TPSA) is 86.7 Å². The van der Waals surface area contributed by atoms with Crippen LogP contribution in [0.15, 0.2) is 0 Å². The fourth-order valence-corrected chi connectivity index (χ4v) is 3.26. The number of rotatable bonds is 10. The Labute approximate surface area is 129 Å². The van der Waals surface area contributed by atoms with Crippen LogP contribution in [-0.4, -0.2) is 52.5 Å². The number of carboxylic acids is 1. The number of thioether (sulfide) groups is 1. The quantitative estimate of drug-likeness (QED) is 0.634. The summed E-state index contributed by atoms with van der Waals surface area (Å²) in [7, 11) is 0. The van der Waals surface area contributed by atoms with Crippen molar-refractivity contribution in [3.63, 3.8) is 0 Å². The van der Waals surface area contributed by atoms with E-state index in [1.165, 1.54) is 11.8 Å². The van der Waals surface area contributed by atoms with Crippen LogP contribution < -0.4 is 5.32 Å². The van der Waals surface area contributed by atoms with Crippen molar-refractivity contribution < 1.29 is 19.5 Å². The molecule has 2 amide bonds. The van der Waals surface area contributed by atoms with Crippen LogP contribution in [0.25, 0.3) is 0 Å². The normalized spacial score (nSPS) is 16.0. The molecule has 1 atom stereocenters. The van der Waals surface area contributed by atoms with Crippen LogP contribution in [0.2, 0.25) is 0 Å². The highest BCUT2D eigenvalue weighted by Gasteiger charge is 2.22. The Bertz CT molecular complexity index is 376. The first kappa shape index (κ1) is 17.8. The minimum atomic E-state index is -0.773. The molecule has 0 aromatic rings. The molecule has 1 rings (SSSR count). The summed E-state index contributed by atoms with van der Waals surface area (Å²) in [5.41, 5.74) is 0. The van der Waals surface area contributed by atoms with Gasteiger partial charge in [0.1, 0.15) is 6.54 Å². The summed E-state index contributed by atoms with van der Waals surface area (Å²) in [6.07, 6.45) is 3.61. The maximum atomic E-state index is 11.7. The third-order valence-electron chi connectivity index (χ3n) is 3.50. The molecular weight excluding hydrogens is 292 g/mol. The van der Waals surface area contributed by atoms with Gasteiger partial charge in [0.15, 0.2) is 0 Å². The van der Waals surface area contributed by atoms with E-state index in [4.69, 9.17) is 5.11 Å². The largest absolute Gasteiger partial charge is 0.481 e. The highest BCUT2D eigenvalue weighted by molar-refractivity contribution is 8.00.